The monoisotopic (exact) mass is 172 g/mol. The maximum atomic E-state index is 11.3. The fraction of sp³-hybridized carbons (Fsp3) is 0.889. The second kappa shape index (κ2) is 5.14. The molecule has 1 amide bonds. The number of nitrogens with one attached hydrogen (secondary N) is 1. The molecule has 3 heteroatoms. The lowest BCUT2D eigenvalue weighted by molar-refractivity contribution is -0.123. The van der Waals surface area contributed by atoms with Crippen molar-refractivity contribution >= 4 is 5.91 Å². The van der Waals surface area contributed by atoms with Gasteiger partial charge >= 0.3 is 0 Å². The quantitative estimate of drug-likeness (QED) is 0.661. The van der Waals surface area contributed by atoms with E-state index in [1.807, 2.05) is 27.7 Å². The topological polar surface area (TPSA) is 55.1 Å². The molecule has 0 radical (unpaired) electrons. The van der Waals surface area contributed by atoms with Crippen LogP contribution in [0.5, 0.6) is 0 Å². The molecule has 0 spiro atoms. The lowest BCUT2D eigenvalue weighted by Crippen LogP contribution is -2.46. The first-order valence-electron chi connectivity index (χ1n) is 4.55. The molecule has 12 heavy (non-hydrogen) atoms. The lowest BCUT2D eigenvalue weighted by Gasteiger charge is -2.19. The first kappa shape index (κ1) is 11.4. The molecule has 0 fully saturated rings. The molecule has 0 aromatic carbocycles. The fourth-order valence-electron chi connectivity index (χ4n) is 0.893. The molecule has 0 aliphatic rings. The van der Waals surface area contributed by atoms with Gasteiger partial charge in [0.15, 0.2) is 0 Å². The number of carbonyl (C=O) groups excluding carboxylic acids is 1. The third-order valence-corrected chi connectivity index (χ3v) is 1.99. The standard InChI is InChI=1S/C9H20N2O/c1-5-7(4)8(10)9(12)11-6(2)3/h6-8H,5,10H2,1-4H3,(H,11,12)/t7-,8+/m0/s1. The van der Waals surface area contributed by atoms with E-state index in [-0.39, 0.29) is 23.9 Å². The summed E-state index contributed by atoms with van der Waals surface area (Å²) in [6, 6.07) is -0.190. The molecule has 0 aliphatic heterocycles. The van der Waals surface area contributed by atoms with Gasteiger partial charge in [0.05, 0.1) is 6.04 Å². The van der Waals surface area contributed by atoms with Crippen molar-refractivity contribution in [3.8, 4) is 0 Å². The summed E-state index contributed by atoms with van der Waals surface area (Å²) in [6.07, 6.45) is 0.937. The summed E-state index contributed by atoms with van der Waals surface area (Å²) in [6.45, 7) is 7.89. The van der Waals surface area contributed by atoms with Crippen molar-refractivity contribution in [3.63, 3.8) is 0 Å². The third kappa shape index (κ3) is 3.72. The summed E-state index contributed by atoms with van der Waals surface area (Å²) in [5.41, 5.74) is 5.71. The molecule has 0 bridgehead atoms. The van der Waals surface area contributed by atoms with Crippen molar-refractivity contribution < 1.29 is 4.79 Å². The predicted octanol–water partition coefficient (Wildman–Crippen LogP) is 0.884. The number of nitrogens with two attached hydrogens (primary N) is 1. The van der Waals surface area contributed by atoms with Crippen LogP contribution < -0.4 is 11.1 Å². The molecule has 72 valence electrons. The van der Waals surface area contributed by atoms with Crippen LogP contribution in [0.4, 0.5) is 0 Å². The molecule has 0 aromatic heterocycles. The Balaban J connectivity index is 3.92. The molecule has 0 saturated carbocycles. The van der Waals surface area contributed by atoms with Gasteiger partial charge in [-0.2, -0.15) is 0 Å². The van der Waals surface area contributed by atoms with Crippen LogP contribution in [0.2, 0.25) is 0 Å². The van der Waals surface area contributed by atoms with E-state index in [0.717, 1.165) is 6.42 Å². The zero-order chi connectivity index (χ0) is 9.72. The molecular weight excluding hydrogens is 152 g/mol. The van der Waals surface area contributed by atoms with Gasteiger partial charge in [-0.25, -0.2) is 0 Å². The van der Waals surface area contributed by atoms with Crippen LogP contribution >= 0.6 is 0 Å². The normalized spacial score (nSPS) is 15.8. The number of hydrogen-bond acceptors (Lipinski definition) is 2. The van der Waals surface area contributed by atoms with Crippen molar-refractivity contribution in [1.82, 2.24) is 5.32 Å². The summed E-state index contributed by atoms with van der Waals surface area (Å²) in [5.74, 6) is 0.211. The Morgan fingerprint density at radius 1 is 1.42 bits per heavy atom. The van der Waals surface area contributed by atoms with E-state index in [2.05, 4.69) is 5.32 Å². The van der Waals surface area contributed by atoms with Crippen LogP contribution in [0.3, 0.4) is 0 Å². The van der Waals surface area contributed by atoms with Crippen molar-refractivity contribution in [2.75, 3.05) is 0 Å². The SMILES string of the molecule is CC[C@H](C)[C@@H](N)C(=O)NC(C)C. The summed E-state index contributed by atoms with van der Waals surface area (Å²) in [4.78, 5) is 11.3. The van der Waals surface area contributed by atoms with Crippen molar-refractivity contribution in [2.24, 2.45) is 11.7 Å². The molecule has 0 aromatic rings. The largest absolute Gasteiger partial charge is 0.353 e. The fourth-order valence-corrected chi connectivity index (χ4v) is 0.893. The maximum Gasteiger partial charge on any atom is 0.237 e. The molecule has 0 saturated heterocycles. The lowest BCUT2D eigenvalue weighted by atomic mass is 9.99. The average molecular weight is 172 g/mol. The van der Waals surface area contributed by atoms with Crippen molar-refractivity contribution in [1.29, 1.82) is 0 Å². The van der Waals surface area contributed by atoms with Gasteiger partial charge in [-0.05, 0) is 19.8 Å². The third-order valence-electron chi connectivity index (χ3n) is 1.99. The van der Waals surface area contributed by atoms with E-state index in [4.69, 9.17) is 5.73 Å². The highest BCUT2D eigenvalue weighted by molar-refractivity contribution is 5.81. The summed E-state index contributed by atoms with van der Waals surface area (Å²) in [7, 11) is 0. The number of amides is 1. The van der Waals surface area contributed by atoms with Crippen LogP contribution in [-0.4, -0.2) is 18.0 Å². The minimum absolute atomic E-state index is 0.0423. The van der Waals surface area contributed by atoms with Crippen molar-refractivity contribution in [2.45, 2.75) is 46.2 Å². The molecule has 0 rings (SSSR count). The zero-order valence-corrected chi connectivity index (χ0v) is 8.42. The minimum atomic E-state index is -0.364. The highest BCUT2D eigenvalue weighted by Crippen LogP contribution is 2.05. The Hall–Kier alpha value is -0.570. The smallest absolute Gasteiger partial charge is 0.237 e. The number of rotatable bonds is 4. The van der Waals surface area contributed by atoms with E-state index in [1.54, 1.807) is 0 Å². The van der Waals surface area contributed by atoms with Crippen LogP contribution in [0.1, 0.15) is 34.1 Å². The number of hydrogen-bond donors (Lipinski definition) is 2. The molecular formula is C9H20N2O. The van der Waals surface area contributed by atoms with E-state index < -0.39 is 0 Å². The molecule has 0 heterocycles. The van der Waals surface area contributed by atoms with Crippen molar-refractivity contribution in [3.05, 3.63) is 0 Å². The van der Waals surface area contributed by atoms with Gasteiger partial charge in [0.2, 0.25) is 5.91 Å². The first-order chi connectivity index (χ1) is 5.49. The molecule has 3 N–H and O–H groups in total. The summed E-state index contributed by atoms with van der Waals surface area (Å²) in [5, 5.41) is 2.79. The zero-order valence-electron chi connectivity index (χ0n) is 8.42. The Labute approximate surface area is 74.7 Å². The summed E-state index contributed by atoms with van der Waals surface area (Å²) < 4.78 is 0. The Morgan fingerprint density at radius 2 is 1.92 bits per heavy atom. The van der Waals surface area contributed by atoms with Gasteiger partial charge in [-0.15, -0.1) is 0 Å². The van der Waals surface area contributed by atoms with Gasteiger partial charge < -0.3 is 11.1 Å². The second-order valence-electron chi connectivity index (χ2n) is 3.57. The van der Waals surface area contributed by atoms with Gasteiger partial charge in [0.25, 0.3) is 0 Å². The van der Waals surface area contributed by atoms with Crippen LogP contribution in [-0.2, 0) is 4.79 Å². The number of carbonyl (C=O) groups is 1. The molecule has 3 nitrogen and oxygen atoms in total. The minimum Gasteiger partial charge on any atom is -0.353 e. The van der Waals surface area contributed by atoms with Gasteiger partial charge in [0, 0.05) is 6.04 Å². The van der Waals surface area contributed by atoms with Gasteiger partial charge in [-0.3, -0.25) is 4.79 Å². The van der Waals surface area contributed by atoms with E-state index in [9.17, 15) is 4.79 Å². The van der Waals surface area contributed by atoms with Crippen LogP contribution in [0, 0.1) is 5.92 Å². The summed E-state index contributed by atoms with van der Waals surface area (Å²) >= 11 is 0. The average Bonchev–Trinajstić information content (AvgIpc) is 2.00. The highest BCUT2D eigenvalue weighted by Gasteiger charge is 2.19. The Bertz CT molecular complexity index is 145. The first-order valence-corrected chi connectivity index (χ1v) is 4.55. The second-order valence-corrected chi connectivity index (χ2v) is 3.57. The van der Waals surface area contributed by atoms with Crippen LogP contribution in [0.25, 0.3) is 0 Å². The molecule has 2 atom stereocenters. The van der Waals surface area contributed by atoms with E-state index in [1.165, 1.54) is 0 Å². The predicted molar refractivity (Wildman–Crippen MR) is 50.7 cm³/mol. The van der Waals surface area contributed by atoms with Gasteiger partial charge in [0.1, 0.15) is 0 Å². The van der Waals surface area contributed by atoms with E-state index >= 15 is 0 Å². The van der Waals surface area contributed by atoms with E-state index in [0.29, 0.717) is 0 Å². The molecule has 0 unspecified atom stereocenters. The van der Waals surface area contributed by atoms with Crippen LogP contribution in [0.15, 0.2) is 0 Å². The Kier molecular flexibility index (Phi) is 4.90. The Morgan fingerprint density at radius 3 is 2.25 bits per heavy atom. The van der Waals surface area contributed by atoms with Gasteiger partial charge in [-0.1, -0.05) is 20.3 Å². The molecule has 0 aliphatic carbocycles. The maximum absolute atomic E-state index is 11.3. The highest BCUT2D eigenvalue weighted by atomic mass is 16.2.